The number of nitrogens with one attached hydrogen (secondary N) is 1. The van der Waals surface area contributed by atoms with Crippen molar-refractivity contribution in [2.45, 2.75) is 51.5 Å². The molecule has 0 atom stereocenters. The number of hydrogen-bond acceptors (Lipinski definition) is 3. The molecule has 1 aliphatic carbocycles. The molecule has 1 amide bonds. The van der Waals surface area contributed by atoms with E-state index in [0.29, 0.717) is 5.57 Å². The van der Waals surface area contributed by atoms with Crippen LogP contribution >= 0.6 is 0 Å². The second-order valence-corrected chi connectivity index (χ2v) is 7.38. The molecule has 19 heavy (non-hydrogen) atoms. The van der Waals surface area contributed by atoms with Crippen LogP contribution in [0.2, 0.25) is 0 Å². The third-order valence-electron chi connectivity index (χ3n) is 3.38. The zero-order valence-electron chi connectivity index (χ0n) is 11.6. The minimum atomic E-state index is -4.12. The molecule has 0 heterocycles. The average molecular weight is 289 g/mol. The lowest BCUT2D eigenvalue weighted by atomic mass is 9.84. The highest BCUT2D eigenvalue weighted by molar-refractivity contribution is 7.85. The molecular weight excluding hydrogens is 266 g/mol. The number of carbonyl (C=O) groups is 1. The Labute approximate surface area is 115 Å². The van der Waals surface area contributed by atoms with E-state index in [9.17, 15) is 13.2 Å². The number of rotatable bonds is 5. The van der Waals surface area contributed by atoms with Crippen LogP contribution in [-0.2, 0) is 14.9 Å². The summed E-state index contributed by atoms with van der Waals surface area (Å²) in [5, 5.41) is 2.63. The predicted molar refractivity (Wildman–Crippen MR) is 74.4 cm³/mol. The van der Waals surface area contributed by atoms with E-state index in [1.807, 2.05) is 0 Å². The van der Waals surface area contributed by atoms with Gasteiger partial charge in [0.2, 0.25) is 5.91 Å². The van der Waals surface area contributed by atoms with E-state index in [4.69, 9.17) is 4.55 Å². The Morgan fingerprint density at radius 3 is 2.32 bits per heavy atom. The first kappa shape index (κ1) is 16.2. The molecule has 0 spiro atoms. The topological polar surface area (TPSA) is 83.5 Å². The van der Waals surface area contributed by atoms with Crippen molar-refractivity contribution in [2.75, 3.05) is 5.75 Å². The van der Waals surface area contributed by atoms with Crippen molar-refractivity contribution in [3.8, 4) is 0 Å². The van der Waals surface area contributed by atoms with E-state index >= 15 is 0 Å². The van der Waals surface area contributed by atoms with E-state index in [2.05, 4.69) is 11.9 Å². The lowest BCUT2D eigenvalue weighted by Crippen LogP contribution is -2.49. The van der Waals surface area contributed by atoms with Crippen LogP contribution in [0.25, 0.3) is 0 Å². The Morgan fingerprint density at radius 2 is 1.84 bits per heavy atom. The fourth-order valence-corrected chi connectivity index (χ4v) is 3.50. The standard InChI is InChI=1S/C13H23NO4S/c1-10(11-7-5-4-6-8-11)12(15)14-13(2,3)9-19(16,17)18/h11H,1,4-9H2,2-3H3,(H,14,15)(H,16,17,18). The van der Waals surface area contributed by atoms with Gasteiger partial charge in [-0.1, -0.05) is 25.8 Å². The van der Waals surface area contributed by atoms with Crippen LogP contribution in [0.3, 0.4) is 0 Å². The molecule has 1 rings (SSSR count). The molecule has 1 fully saturated rings. The van der Waals surface area contributed by atoms with Gasteiger partial charge in [-0.15, -0.1) is 0 Å². The van der Waals surface area contributed by atoms with Crippen molar-refractivity contribution in [3.63, 3.8) is 0 Å². The molecular formula is C13H23NO4S. The summed E-state index contributed by atoms with van der Waals surface area (Å²) in [5.74, 6) is -0.639. The number of amides is 1. The number of hydrogen-bond donors (Lipinski definition) is 2. The molecule has 110 valence electrons. The summed E-state index contributed by atoms with van der Waals surface area (Å²) in [6.45, 7) is 6.96. The maximum absolute atomic E-state index is 12.1. The largest absolute Gasteiger partial charge is 0.346 e. The molecule has 0 unspecified atom stereocenters. The molecule has 0 aromatic heterocycles. The SMILES string of the molecule is C=C(C(=O)NC(C)(C)CS(=O)(=O)O)C1CCCCC1. The molecule has 1 saturated carbocycles. The highest BCUT2D eigenvalue weighted by Gasteiger charge is 2.29. The van der Waals surface area contributed by atoms with Gasteiger partial charge in [0.25, 0.3) is 10.1 Å². The quantitative estimate of drug-likeness (QED) is 0.598. The zero-order chi connectivity index (χ0) is 14.7. The van der Waals surface area contributed by atoms with Crippen LogP contribution in [0.1, 0.15) is 46.0 Å². The summed E-state index contributed by atoms with van der Waals surface area (Å²) in [5.41, 5.74) is -0.495. The zero-order valence-corrected chi connectivity index (χ0v) is 12.4. The highest BCUT2D eigenvalue weighted by Crippen LogP contribution is 2.29. The van der Waals surface area contributed by atoms with Crippen molar-refractivity contribution in [3.05, 3.63) is 12.2 Å². The molecule has 0 aliphatic heterocycles. The molecule has 0 radical (unpaired) electrons. The Kier molecular flexibility index (Phi) is 5.15. The van der Waals surface area contributed by atoms with Gasteiger partial charge in [-0.05, 0) is 32.6 Å². The summed E-state index contributed by atoms with van der Waals surface area (Å²) in [6, 6.07) is 0. The Balaban J connectivity index is 2.60. The van der Waals surface area contributed by atoms with Gasteiger partial charge in [0.15, 0.2) is 0 Å². The average Bonchev–Trinajstić information content (AvgIpc) is 2.25. The van der Waals surface area contributed by atoms with Crippen LogP contribution < -0.4 is 5.32 Å². The normalized spacial score (nSPS) is 18.1. The van der Waals surface area contributed by atoms with E-state index in [-0.39, 0.29) is 11.8 Å². The van der Waals surface area contributed by atoms with E-state index in [1.54, 1.807) is 13.8 Å². The lowest BCUT2D eigenvalue weighted by molar-refractivity contribution is -0.119. The molecule has 0 saturated heterocycles. The van der Waals surface area contributed by atoms with E-state index < -0.39 is 21.4 Å². The second-order valence-electron chi connectivity index (χ2n) is 5.92. The first-order valence-electron chi connectivity index (χ1n) is 6.57. The summed E-state index contributed by atoms with van der Waals surface area (Å²) in [7, 11) is -4.12. The monoisotopic (exact) mass is 289 g/mol. The van der Waals surface area contributed by atoms with E-state index in [0.717, 1.165) is 25.7 Å². The molecule has 0 aromatic rings. The first-order valence-corrected chi connectivity index (χ1v) is 8.18. The minimum absolute atomic E-state index is 0.190. The molecule has 6 heteroatoms. The fourth-order valence-electron chi connectivity index (χ4n) is 2.52. The molecule has 0 aromatic carbocycles. The van der Waals surface area contributed by atoms with Gasteiger partial charge in [-0.25, -0.2) is 0 Å². The van der Waals surface area contributed by atoms with Gasteiger partial charge in [-0.2, -0.15) is 8.42 Å². The van der Waals surface area contributed by atoms with Crippen molar-refractivity contribution in [1.29, 1.82) is 0 Å². The Morgan fingerprint density at radius 1 is 1.32 bits per heavy atom. The number of carbonyl (C=O) groups excluding carboxylic acids is 1. The van der Waals surface area contributed by atoms with Crippen molar-refractivity contribution in [2.24, 2.45) is 5.92 Å². The predicted octanol–water partition coefficient (Wildman–Crippen LogP) is 1.91. The summed E-state index contributed by atoms with van der Waals surface area (Å²) in [4.78, 5) is 12.1. The van der Waals surface area contributed by atoms with Gasteiger partial charge in [0, 0.05) is 5.57 Å². The Hall–Kier alpha value is -0.880. The van der Waals surface area contributed by atoms with Crippen LogP contribution in [0.4, 0.5) is 0 Å². The molecule has 5 nitrogen and oxygen atoms in total. The van der Waals surface area contributed by atoms with Crippen LogP contribution in [0.5, 0.6) is 0 Å². The Bertz CT molecular complexity index is 447. The summed E-state index contributed by atoms with van der Waals surface area (Å²) in [6.07, 6.45) is 5.33. The summed E-state index contributed by atoms with van der Waals surface area (Å²) >= 11 is 0. The highest BCUT2D eigenvalue weighted by atomic mass is 32.2. The summed E-state index contributed by atoms with van der Waals surface area (Å²) < 4.78 is 30.6. The maximum atomic E-state index is 12.1. The third-order valence-corrected chi connectivity index (χ3v) is 4.47. The van der Waals surface area contributed by atoms with Gasteiger partial charge >= 0.3 is 0 Å². The van der Waals surface area contributed by atoms with Gasteiger partial charge in [0.1, 0.15) is 0 Å². The van der Waals surface area contributed by atoms with E-state index in [1.165, 1.54) is 6.42 Å². The third kappa shape index (κ3) is 5.74. The smallest absolute Gasteiger partial charge is 0.267 e. The molecule has 0 bridgehead atoms. The minimum Gasteiger partial charge on any atom is -0.346 e. The van der Waals surface area contributed by atoms with Crippen LogP contribution in [0.15, 0.2) is 12.2 Å². The van der Waals surface area contributed by atoms with Gasteiger partial charge < -0.3 is 5.32 Å². The maximum Gasteiger partial charge on any atom is 0.267 e. The molecule has 2 N–H and O–H groups in total. The van der Waals surface area contributed by atoms with Gasteiger partial charge in [0.05, 0.1) is 11.3 Å². The second kappa shape index (κ2) is 6.05. The molecule has 1 aliphatic rings. The van der Waals surface area contributed by atoms with Crippen molar-refractivity contribution in [1.82, 2.24) is 5.32 Å². The van der Waals surface area contributed by atoms with Crippen molar-refractivity contribution >= 4 is 16.0 Å². The van der Waals surface area contributed by atoms with Gasteiger partial charge in [-0.3, -0.25) is 9.35 Å². The van der Waals surface area contributed by atoms with Crippen LogP contribution in [-0.4, -0.2) is 30.2 Å². The fraction of sp³-hybridized carbons (Fsp3) is 0.769. The van der Waals surface area contributed by atoms with Crippen LogP contribution in [0, 0.1) is 5.92 Å². The first-order chi connectivity index (χ1) is 8.61. The lowest BCUT2D eigenvalue weighted by Gasteiger charge is -2.28. The van der Waals surface area contributed by atoms with Crippen molar-refractivity contribution < 1.29 is 17.8 Å².